The Morgan fingerprint density at radius 2 is 1.68 bits per heavy atom. The van der Waals surface area contributed by atoms with Crippen LogP contribution in [0.25, 0.3) is 5.69 Å². The molecule has 0 saturated carbocycles. The third kappa shape index (κ3) is 2.71. The van der Waals surface area contributed by atoms with Gasteiger partial charge in [0.05, 0.1) is 5.69 Å². The van der Waals surface area contributed by atoms with Crippen molar-refractivity contribution in [3.8, 4) is 5.69 Å². The largest absolute Gasteiger partial charge is 0.411 e. The fourth-order valence-corrected chi connectivity index (χ4v) is 2.48. The Balaban J connectivity index is 2.00. The van der Waals surface area contributed by atoms with Gasteiger partial charge in [-0.3, -0.25) is 0 Å². The second-order valence-electron chi connectivity index (χ2n) is 4.54. The number of benzene rings is 2. The van der Waals surface area contributed by atoms with Crippen molar-refractivity contribution in [2.75, 3.05) is 0 Å². The van der Waals surface area contributed by atoms with Gasteiger partial charge >= 0.3 is 0 Å². The third-order valence-electron chi connectivity index (χ3n) is 3.18. The minimum Gasteiger partial charge on any atom is -0.411 e. The van der Waals surface area contributed by atoms with Gasteiger partial charge in [-0.25, -0.2) is 0 Å². The third-order valence-corrected chi connectivity index (χ3v) is 3.65. The average molecular weight is 311 g/mol. The van der Waals surface area contributed by atoms with Crippen molar-refractivity contribution >= 4 is 18.3 Å². The van der Waals surface area contributed by atoms with Gasteiger partial charge in [0.2, 0.25) is 0 Å². The lowest BCUT2D eigenvalue weighted by atomic mass is 10.1. The maximum absolute atomic E-state index is 9.37. The number of tetrazole rings is 1. The van der Waals surface area contributed by atoms with Crippen LogP contribution >= 0.6 is 12.6 Å². The zero-order valence-corrected chi connectivity index (χ0v) is 12.4. The second kappa shape index (κ2) is 6.40. The van der Waals surface area contributed by atoms with E-state index in [0.29, 0.717) is 11.5 Å². The summed E-state index contributed by atoms with van der Waals surface area (Å²) in [5, 5.41) is 23.9. The highest BCUT2D eigenvalue weighted by atomic mass is 32.1. The molecule has 1 unspecified atom stereocenters. The Kier molecular flexibility index (Phi) is 4.15. The van der Waals surface area contributed by atoms with Gasteiger partial charge in [-0.15, -0.1) is 5.10 Å². The standard InChI is InChI=1S/C15H13N5OS/c21-17-13(11-7-3-1-4-8-11)14(22)15-16-18-19-20(15)12-9-5-2-6-10-12/h1-10,14,21-22H. The second-order valence-corrected chi connectivity index (χ2v) is 5.05. The Morgan fingerprint density at radius 3 is 2.32 bits per heavy atom. The lowest BCUT2D eigenvalue weighted by Crippen LogP contribution is -2.15. The molecule has 7 heteroatoms. The molecule has 3 rings (SSSR count). The Bertz CT molecular complexity index is 773. The molecular formula is C15H13N5OS. The maximum Gasteiger partial charge on any atom is 0.175 e. The van der Waals surface area contributed by atoms with Crippen LogP contribution in [-0.4, -0.2) is 31.1 Å². The highest BCUT2D eigenvalue weighted by Crippen LogP contribution is 2.24. The zero-order valence-electron chi connectivity index (χ0n) is 11.5. The number of oxime groups is 1. The molecule has 3 aromatic rings. The molecule has 22 heavy (non-hydrogen) atoms. The minimum absolute atomic E-state index is 0.385. The van der Waals surface area contributed by atoms with Gasteiger partial charge in [0, 0.05) is 5.56 Å². The van der Waals surface area contributed by atoms with Crippen molar-refractivity contribution < 1.29 is 5.21 Å². The van der Waals surface area contributed by atoms with Crippen molar-refractivity contribution in [2.45, 2.75) is 5.25 Å². The Labute approximate surface area is 132 Å². The van der Waals surface area contributed by atoms with Crippen LogP contribution in [0.15, 0.2) is 65.8 Å². The molecule has 0 aliphatic rings. The van der Waals surface area contributed by atoms with E-state index >= 15 is 0 Å². The van der Waals surface area contributed by atoms with E-state index in [0.717, 1.165) is 11.3 Å². The highest BCUT2D eigenvalue weighted by Gasteiger charge is 2.23. The first-order chi connectivity index (χ1) is 10.8. The number of aromatic nitrogens is 4. The van der Waals surface area contributed by atoms with Crippen LogP contribution in [0.3, 0.4) is 0 Å². The van der Waals surface area contributed by atoms with Gasteiger partial charge < -0.3 is 5.21 Å². The van der Waals surface area contributed by atoms with Crippen LogP contribution in [0.1, 0.15) is 16.6 Å². The molecule has 0 radical (unpaired) electrons. The normalized spacial score (nSPS) is 13.0. The van der Waals surface area contributed by atoms with E-state index in [2.05, 4.69) is 33.3 Å². The number of nitrogens with zero attached hydrogens (tertiary/aromatic N) is 5. The van der Waals surface area contributed by atoms with Crippen LogP contribution in [0.5, 0.6) is 0 Å². The topological polar surface area (TPSA) is 76.2 Å². The van der Waals surface area contributed by atoms with Gasteiger partial charge in [-0.2, -0.15) is 17.3 Å². The van der Waals surface area contributed by atoms with E-state index < -0.39 is 5.25 Å². The van der Waals surface area contributed by atoms with E-state index in [1.165, 1.54) is 0 Å². The fourth-order valence-electron chi connectivity index (χ4n) is 2.12. The van der Waals surface area contributed by atoms with E-state index in [9.17, 15) is 5.21 Å². The molecule has 1 heterocycles. The molecule has 1 atom stereocenters. The lowest BCUT2D eigenvalue weighted by Gasteiger charge is -2.12. The fraction of sp³-hybridized carbons (Fsp3) is 0.0667. The molecule has 0 saturated heterocycles. The predicted molar refractivity (Wildman–Crippen MR) is 85.6 cm³/mol. The monoisotopic (exact) mass is 311 g/mol. The molecule has 6 nitrogen and oxygen atoms in total. The van der Waals surface area contributed by atoms with Crippen LogP contribution in [0.2, 0.25) is 0 Å². The number of rotatable bonds is 4. The van der Waals surface area contributed by atoms with Crippen LogP contribution in [-0.2, 0) is 0 Å². The quantitative estimate of drug-likeness (QED) is 0.336. The maximum atomic E-state index is 9.37. The van der Waals surface area contributed by atoms with Gasteiger partial charge in [-0.1, -0.05) is 53.7 Å². The predicted octanol–water partition coefficient (Wildman–Crippen LogP) is 2.51. The number of thiol groups is 1. The van der Waals surface area contributed by atoms with Crippen LogP contribution in [0.4, 0.5) is 0 Å². The molecule has 1 aromatic heterocycles. The summed E-state index contributed by atoms with van der Waals surface area (Å²) in [6.07, 6.45) is 0. The molecule has 0 aliphatic carbocycles. The van der Waals surface area contributed by atoms with Crippen LogP contribution in [0, 0.1) is 0 Å². The minimum atomic E-state index is -0.567. The summed E-state index contributed by atoms with van der Waals surface area (Å²) < 4.78 is 1.58. The molecular weight excluding hydrogens is 298 g/mol. The average Bonchev–Trinajstić information content (AvgIpc) is 3.07. The molecule has 0 aliphatic heterocycles. The zero-order chi connectivity index (χ0) is 15.4. The first kappa shape index (κ1) is 14.3. The van der Waals surface area contributed by atoms with Crippen molar-refractivity contribution in [3.63, 3.8) is 0 Å². The van der Waals surface area contributed by atoms with Crippen molar-refractivity contribution in [2.24, 2.45) is 5.16 Å². The van der Waals surface area contributed by atoms with Crippen molar-refractivity contribution in [1.29, 1.82) is 0 Å². The van der Waals surface area contributed by atoms with E-state index in [1.807, 2.05) is 60.7 Å². The van der Waals surface area contributed by atoms with Gasteiger partial charge in [0.1, 0.15) is 11.0 Å². The summed E-state index contributed by atoms with van der Waals surface area (Å²) in [4.78, 5) is 0. The first-order valence-electron chi connectivity index (χ1n) is 6.60. The molecule has 0 amide bonds. The molecule has 1 N–H and O–H groups in total. The van der Waals surface area contributed by atoms with E-state index in [1.54, 1.807) is 4.68 Å². The Hall–Kier alpha value is -2.67. The SMILES string of the molecule is ON=C(c1ccccc1)C(S)c1nnnn1-c1ccccc1. The summed E-state index contributed by atoms with van der Waals surface area (Å²) in [5.74, 6) is 0.478. The highest BCUT2D eigenvalue weighted by molar-refractivity contribution is 7.81. The van der Waals surface area contributed by atoms with Gasteiger partial charge in [0.25, 0.3) is 0 Å². The lowest BCUT2D eigenvalue weighted by molar-refractivity contribution is 0.318. The summed E-state index contributed by atoms with van der Waals surface area (Å²) >= 11 is 4.54. The van der Waals surface area contributed by atoms with Crippen LogP contribution < -0.4 is 0 Å². The summed E-state index contributed by atoms with van der Waals surface area (Å²) in [7, 11) is 0. The molecule has 0 fully saturated rings. The molecule has 110 valence electrons. The summed E-state index contributed by atoms with van der Waals surface area (Å²) in [6.45, 7) is 0. The smallest absolute Gasteiger partial charge is 0.175 e. The molecule has 2 aromatic carbocycles. The number of hydrogen-bond donors (Lipinski definition) is 2. The van der Waals surface area contributed by atoms with E-state index in [-0.39, 0.29) is 0 Å². The summed E-state index contributed by atoms with van der Waals surface area (Å²) in [5.41, 5.74) is 1.95. The Morgan fingerprint density at radius 1 is 1.05 bits per heavy atom. The number of para-hydroxylation sites is 1. The number of hydrogen-bond acceptors (Lipinski definition) is 6. The van der Waals surface area contributed by atoms with Crippen molar-refractivity contribution in [3.05, 3.63) is 72.1 Å². The van der Waals surface area contributed by atoms with Gasteiger partial charge in [-0.05, 0) is 22.6 Å². The van der Waals surface area contributed by atoms with Crippen molar-refractivity contribution in [1.82, 2.24) is 20.2 Å². The summed E-state index contributed by atoms with van der Waals surface area (Å²) in [6, 6.07) is 18.8. The molecule has 0 bridgehead atoms. The first-order valence-corrected chi connectivity index (χ1v) is 7.12. The molecule has 0 spiro atoms. The van der Waals surface area contributed by atoms with Gasteiger partial charge in [0.15, 0.2) is 5.82 Å². The van der Waals surface area contributed by atoms with E-state index in [4.69, 9.17) is 0 Å².